The maximum absolute atomic E-state index is 13.5. The molecule has 0 spiro atoms. The molecule has 0 fully saturated rings. The minimum Gasteiger partial charge on any atom is -0.207 e. The Morgan fingerprint density at radius 1 is 1.17 bits per heavy atom. The van der Waals surface area contributed by atoms with Gasteiger partial charge in [0.1, 0.15) is 5.82 Å². The second kappa shape index (κ2) is 4.66. The van der Waals surface area contributed by atoms with Crippen LogP contribution in [0.15, 0.2) is 41.8 Å². The van der Waals surface area contributed by atoms with Gasteiger partial charge in [-0.2, -0.15) is 4.80 Å². The molecule has 3 aromatic rings. The molecule has 0 aliphatic carbocycles. The molecule has 0 radical (unpaired) electrons. The summed E-state index contributed by atoms with van der Waals surface area (Å²) in [5, 5.41) is 14.1. The van der Waals surface area contributed by atoms with E-state index < -0.39 is 0 Å². The molecule has 90 valence electrons. The van der Waals surface area contributed by atoms with Gasteiger partial charge in [-0.25, -0.2) is 4.39 Å². The standard InChI is InChI=1S/C12H9FN4S/c13-10-5-2-1-4-9(10)8-17-15-12(14-16-17)11-6-3-7-18-11/h1-7H,8H2. The highest BCUT2D eigenvalue weighted by Gasteiger charge is 2.08. The van der Waals surface area contributed by atoms with Gasteiger partial charge in [0, 0.05) is 5.56 Å². The van der Waals surface area contributed by atoms with Gasteiger partial charge in [0.2, 0.25) is 5.82 Å². The summed E-state index contributed by atoms with van der Waals surface area (Å²) in [5.41, 5.74) is 0.549. The highest BCUT2D eigenvalue weighted by Crippen LogP contribution is 2.19. The third-order valence-corrected chi connectivity index (χ3v) is 3.33. The van der Waals surface area contributed by atoms with E-state index in [1.807, 2.05) is 17.5 Å². The van der Waals surface area contributed by atoms with E-state index in [4.69, 9.17) is 0 Å². The maximum atomic E-state index is 13.5. The van der Waals surface area contributed by atoms with Gasteiger partial charge >= 0.3 is 0 Å². The molecule has 0 aliphatic rings. The lowest BCUT2D eigenvalue weighted by atomic mass is 10.2. The van der Waals surface area contributed by atoms with Crippen molar-refractivity contribution >= 4 is 11.3 Å². The molecule has 0 unspecified atom stereocenters. The fraction of sp³-hybridized carbons (Fsp3) is 0.0833. The Kier molecular flexibility index (Phi) is 2.85. The Hall–Kier alpha value is -2.08. The Morgan fingerprint density at radius 2 is 2.06 bits per heavy atom. The molecule has 0 aliphatic heterocycles. The van der Waals surface area contributed by atoms with Crippen LogP contribution in [0, 0.1) is 5.82 Å². The number of nitrogens with zero attached hydrogens (tertiary/aromatic N) is 4. The number of halogens is 1. The van der Waals surface area contributed by atoms with E-state index in [0.29, 0.717) is 11.4 Å². The second-order valence-electron chi connectivity index (χ2n) is 3.71. The number of thiophene rings is 1. The molecular weight excluding hydrogens is 251 g/mol. The molecule has 18 heavy (non-hydrogen) atoms. The molecule has 1 aromatic carbocycles. The smallest absolute Gasteiger partial charge is 0.207 e. The molecule has 2 aromatic heterocycles. The molecule has 0 saturated carbocycles. The van der Waals surface area contributed by atoms with Crippen molar-refractivity contribution in [2.45, 2.75) is 6.54 Å². The first-order valence-corrected chi connectivity index (χ1v) is 6.26. The topological polar surface area (TPSA) is 43.6 Å². The zero-order valence-corrected chi connectivity index (χ0v) is 10.1. The Bertz CT molecular complexity index is 648. The molecule has 0 N–H and O–H groups in total. The van der Waals surface area contributed by atoms with E-state index in [2.05, 4.69) is 15.4 Å². The van der Waals surface area contributed by atoms with Gasteiger partial charge in [0.25, 0.3) is 0 Å². The minimum absolute atomic E-state index is 0.257. The maximum Gasteiger partial charge on any atom is 0.214 e. The van der Waals surface area contributed by atoms with Crippen LogP contribution in [0.1, 0.15) is 5.56 Å². The molecule has 2 heterocycles. The van der Waals surface area contributed by atoms with Crippen molar-refractivity contribution < 1.29 is 4.39 Å². The summed E-state index contributed by atoms with van der Waals surface area (Å²) >= 11 is 1.55. The van der Waals surface area contributed by atoms with Crippen molar-refractivity contribution in [2.75, 3.05) is 0 Å². The number of rotatable bonds is 3. The average Bonchev–Trinajstić information content (AvgIpc) is 3.02. The van der Waals surface area contributed by atoms with Crippen LogP contribution >= 0.6 is 11.3 Å². The number of aromatic nitrogens is 4. The first-order chi connectivity index (χ1) is 8.83. The highest BCUT2D eigenvalue weighted by atomic mass is 32.1. The van der Waals surface area contributed by atoms with Crippen LogP contribution in [0.2, 0.25) is 0 Å². The quantitative estimate of drug-likeness (QED) is 0.727. The Balaban J connectivity index is 1.85. The third kappa shape index (κ3) is 2.14. The first-order valence-electron chi connectivity index (χ1n) is 5.38. The lowest BCUT2D eigenvalue weighted by Gasteiger charge is -2.00. The van der Waals surface area contributed by atoms with Gasteiger partial charge in [-0.05, 0) is 22.7 Å². The number of tetrazole rings is 1. The van der Waals surface area contributed by atoms with Crippen LogP contribution in [0.3, 0.4) is 0 Å². The van der Waals surface area contributed by atoms with Gasteiger partial charge in [-0.1, -0.05) is 24.3 Å². The number of hydrogen-bond donors (Lipinski definition) is 0. The van der Waals surface area contributed by atoms with E-state index in [9.17, 15) is 4.39 Å². The van der Waals surface area contributed by atoms with Crippen molar-refractivity contribution in [1.29, 1.82) is 0 Å². The van der Waals surface area contributed by atoms with Crippen molar-refractivity contribution in [3.05, 3.63) is 53.2 Å². The summed E-state index contributed by atoms with van der Waals surface area (Å²) in [6.45, 7) is 0.283. The largest absolute Gasteiger partial charge is 0.214 e. The van der Waals surface area contributed by atoms with Crippen LogP contribution in [0.4, 0.5) is 4.39 Å². The molecule has 0 amide bonds. The highest BCUT2D eigenvalue weighted by molar-refractivity contribution is 7.13. The predicted octanol–water partition coefficient (Wildman–Crippen LogP) is 2.59. The van der Waals surface area contributed by atoms with Gasteiger partial charge in [0.05, 0.1) is 11.4 Å². The lowest BCUT2D eigenvalue weighted by Crippen LogP contribution is -2.05. The fourth-order valence-electron chi connectivity index (χ4n) is 1.59. The van der Waals surface area contributed by atoms with Gasteiger partial charge in [-0.3, -0.25) is 0 Å². The van der Waals surface area contributed by atoms with Crippen LogP contribution in [0.25, 0.3) is 10.7 Å². The third-order valence-electron chi connectivity index (χ3n) is 2.46. The fourth-order valence-corrected chi connectivity index (χ4v) is 2.24. The Morgan fingerprint density at radius 3 is 2.83 bits per heavy atom. The molecule has 0 saturated heterocycles. The summed E-state index contributed by atoms with van der Waals surface area (Å²) in [4.78, 5) is 2.35. The van der Waals surface area contributed by atoms with Crippen LogP contribution < -0.4 is 0 Å². The summed E-state index contributed by atoms with van der Waals surface area (Å²) in [5.74, 6) is 0.314. The summed E-state index contributed by atoms with van der Waals surface area (Å²) in [6, 6.07) is 10.4. The lowest BCUT2D eigenvalue weighted by molar-refractivity contribution is 0.539. The molecule has 0 bridgehead atoms. The van der Waals surface area contributed by atoms with Crippen LogP contribution in [-0.2, 0) is 6.54 Å². The van der Waals surface area contributed by atoms with E-state index in [1.165, 1.54) is 10.9 Å². The zero-order valence-electron chi connectivity index (χ0n) is 9.32. The molecular formula is C12H9FN4S. The van der Waals surface area contributed by atoms with Crippen molar-refractivity contribution in [1.82, 2.24) is 20.2 Å². The van der Waals surface area contributed by atoms with Gasteiger partial charge in [0.15, 0.2) is 0 Å². The van der Waals surface area contributed by atoms with Crippen molar-refractivity contribution in [3.8, 4) is 10.7 Å². The average molecular weight is 260 g/mol. The van der Waals surface area contributed by atoms with Crippen LogP contribution in [-0.4, -0.2) is 20.2 Å². The summed E-state index contributed by atoms with van der Waals surface area (Å²) < 4.78 is 13.5. The molecule has 0 atom stereocenters. The number of hydrogen-bond acceptors (Lipinski definition) is 4. The molecule has 6 heteroatoms. The SMILES string of the molecule is Fc1ccccc1Cn1nnc(-c2cccs2)n1. The number of benzene rings is 1. The second-order valence-corrected chi connectivity index (χ2v) is 4.66. The normalized spacial score (nSPS) is 10.7. The predicted molar refractivity (Wildman–Crippen MR) is 66.6 cm³/mol. The molecule has 4 nitrogen and oxygen atoms in total. The monoisotopic (exact) mass is 260 g/mol. The van der Waals surface area contributed by atoms with E-state index in [-0.39, 0.29) is 12.4 Å². The Labute approximate surface area is 107 Å². The summed E-state index contributed by atoms with van der Waals surface area (Å²) in [6.07, 6.45) is 0. The van der Waals surface area contributed by atoms with Crippen molar-refractivity contribution in [3.63, 3.8) is 0 Å². The van der Waals surface area contributed by atoms with E-state index in [0.717, 1.165) is 4.88 Å². The first kappa shape index (κ1) is 11.0. The van der Waals surface area contributed by atoms with E-state index >= 15 is 0 Å². The van der Waals surface area contributed by atoms with E-state index in [1.54, 1.807) is 29.5 Å². The van der Waals surface area contributed by atoms with Crippen molar-refractivity contribution in [2.24, 2.45) is 0 Å². The zero-order chi connectivity index (χ0) is 12.4. The minimum atomic E-state index is -0.257. The van der Waals surface area contributed by atoms with Crippen LogP contribution in [0.5, 0.6) is 0 Å². The van der Waals surface area contributed by atoms with Gasteiger partial charge < -0.3 is 0 Å². The summed E-state index contributed by atoms with van der Waals surface area (Å²) in [7, 11) is 0. The van der Waals surface area contributed by atoms with Gasteiger partial charge in [-0.15, -0.1) is 21.5 Å². The molecule has 3 rings (SSSR count).